The normalized spacial score (nSPS) is 54.1. The minimum atomic E-state index is -1.45. The van der Waals surface area contributed by atoms with E-state index in [1.165, 1.54) is 11.1 Å². The zero-order chi connectivity index (χ0) is 32.2. The fourth-order valence-electron chi connectivity index (χ4n) is 10.8. The first-order valence-electron chi connectivity index (χ1n) is 17.2. The van der Waals surface area contributed by atoms with Gasteiger partial charge in [0.15, 0.2) is 12.4 Å². The Morgan fingerprint density at radius 2 is 1.76 bits per heavy atom. The van der Waals surface area contributed by atoms with Gasteiger partial charge in [0, 0.05) is 0 Å². The molecule has 0 aromatic heterocycles. The highest BCUT2D eigenvalue weighted by molar-refractivity contribution is 5.77. The van der Waals surface area contributed by atoms with Gasteiger partial charge in [-0.1, -0.05) is 39.8 Å². The standard InChI is InChI=1S/C35H52O10/c1-16(2)35(17(3)45-35)30-27(38)25(31(41)44-30)23-9-8-21-20-7-6-18-14-19(10-12-33(18,4)22(20)11-13-34(21,23)5)42-32-29(40)28(39)26(37)24(15-36)43-32/h7,11,16-19,21,23-30,32,36-40H,6,8-10,12-15H2,1-5H3. The van der Waals surface area contributed by atoms with Crippen molar-refractivity contribution in [2.24, 2.45) is 40.4 Å². The van der Waals surface area contributed by atoms with Crippen LogP contribution in [-0.2, 0) is 23.7 Å². The summed E-state index contributed by atoms with van der Waals surface area (Å²) in [5.74, 6) is -0.0195. The van der Waals surface area contributed by atoms with E-state index in [2.05, 4.69) is 39.8 Å². The lowest BCUT2D eigenvalue weighted by molar-refractivity contribution is -0.314. The van der Waals surface area contributed by atoms with Crippen LogP contribution < -0.4 is 0 Å². The van der Waals surface area contributed by atoms with Crippen molar-refractivity contribution < 1.29 is 49.3 Å². The van der Waals surface area contributed by atoms with Crippen LogP contribution in [0.4, 0.5) is 0 Å². The van der Waals surface area contributed by atoms with Crippen LogP contribution in [-0.4, -0.2) is 98.8 Å². The Morgan fingerprint density at radius 1 is 1.02 bits per heavy atom. The third kappa shape index (κ3) is 4.60. The second-order valence-corrected chi connectivity index (χ2v) is 15.9. The van der Waals surface area contributed by atoms with Crippen molar-refractivity contribution in [1.29, 1.82) is 0 Å². The lowest BCUT2D eigenvalue weighted by atomic mass is 9.51. The maximum Gasteiger partial charge on any atom is 0.312 e. The summed E-state index contributed by atoms with van der Waals surface area (Å²) in [4.78, 5) is 13.4. The van der Waals surface area contributed by atoms with Crippen LogP contribution in [0.1, 0.15) is 79.6 Å². The molecule has 10 nitrogen and oxygen atoms in total. The van der Waals surface area contributed by atoms with Crippen molar-refractivity contribution in [2.75, 3.05) is 6.61 Å². The number of ether oxygens (including phenoxy) is 4. The summed E-state index contributed by atoms with van der Waals surface area (Å²) < 4.78 is 23.8. The topological polar surface area (TPSA) is 158 Å². The highest BCUT2D eigenvalue weighted by Gasteiger charge is 2.70. The Kier molecular flexibility index (Phi) is 7.93. The Bertz CT molecular complexity index is 1250. The van der Waals surface area contributed by atoms with Crippen LogP contribution in [0.2, 0.25) is 0 Å². The van der Waals surface area contributed by atoms with E-state index < -0.39 is 61.0 Å². The van der Waals surface area contributed by atoms with Crippen LogP contribution in [0.25, 0.3) is 0 Å². The van der Waals surface area contributed by atoms with Gasteiger partial charge in [-0.05, 0) is 97.5 Å². The Hall–Kier alpha value is -1.37. The van der Waals surface area contributed by atoms with Crippen LogP contribution in [0.3, 0.4) is 0 Å². The highest BCUT2D eigenvalue weighted by Crippen LogP contribution is 2.66. The Labute approximate surface area is 265 Å². The molecular weight excluding hydrogens is 580 g/mol. The van der Waals surface area contributed by atoms with E-state index in [0.29, 0.717) is 11.8 Å². The van der Waals surface area contributed by atoms with E-state index in [1.54, 1.807) is 0 Å². The Balaban J connectivity index is 1.06. The number of carbonyl (C=O) groups is 1. The zero-order valence-electron chi connectivity index (χ0n) is 27.2. The minimum absolute atomic E-state index is 0.0279. The van der Waals surface area contributed by atoms with Gasteiger partial charge in [0.25, 0.3) is 0 Å². The summed E-state index contributed by atoms with van der Waals surface area (Å²) in [5, 5.41) is 52.1. The molecule has 0 radical (unpaired) electrons. The number of carbonyl (C=O) groups excluding carboxylic acids is 1. The minimum Gasteiger partial charge on any atom is -0.456 e. The van der Waals surface area contributed by atoms with E-state index >= 15 is 0 Å². The first-order chi connectivity index (χ1) is 21.3. The van der Waals surface area contributed by atoms with E-state index in [4.69, 9.17) is 18.9 Å². The molecule has 7 aliphatic rings. The van der Waals surface area contributed by atoms with Gasteiger partial charge in [0.05, 0.1) is 24.7 Å². The molecule has 16 atom stereocenters. The number of allylic oxidation sites excluding steroid dienone is 4. The monoisotopic (exact) mass is 632 g/mol. The number of aliphatic hydroxyl groups excluding tert-OH is 5. The van der Waals surface area contributed by atoms with Crippen molar-refractivity contribution in [2.45, 2.75) is 140 Å². The van der Waals surface area contributed by atoms with Crippen molar-refractivity contribution in [1.82, 2.24) is 0 Å². The number of esters is 1. The first-order valence-corrected chi connectivity index (χ1v) is 17.2. The number of cyclic esters (lactones) is 1. The summed E-state index contributed by atoms with van der Waals surface area (Å²) in [5.41, 5.74) is 2.04. The molecule has 3 aliphatic heterocycles. The van der Waals surface area contributed by atoms with Crippen molar-refractivity contribution in [3.8, 4) is 0 Å². The number of aliphatic hydroxyl groups is 5. The number of hydrogen-bond acceptors (Lipinski definition) is 10. The van der Waals surface area contributed by atoms with Crippen molar-refractivity contribution >= 4 is 5.97 Å². The van der Waals surface area contributed by atoms with Gasteiger partial charge in [0.1, 0.15) is 36.1 Å². The van der Waals surface area contributed by atoms with Gasteiger partial charge in [-0.3, -0.25) is 4.79 Å². The molecule has 16 unspecified atom stereocenters. The Morgan fingerprint density at radius 3 is 2.42 bits per heavy atom. The average molecular weight is 633 g/mol. The molecule has 2 saturated carbocycles. The van der Waals surface area contributed by atoms with E-state index in [9.17, 15) is 30.3 Å². The molecule has 0 aromatic rings. The van der Waals surface area contributed by atoms with Gasteiger partial charge < -0.3 is 44.5 Å². The van der Waals surface area contributed by atoms with Crippen molar-refractivity contribution in [3.05, 3.63) is 23.3 Å². The summed E-state index contributed by atoms with van der Waals surface area (Å²) >= 11 is 0. The summed E-state index contributed by atoms with van der Waals surface area (Å²) in [6.07, 6.45) is 2.78. The quantitative estimate of drug-likeness (QED) is 0.218. The fourth-order valence-corrected chi connectivity index (χ4v) is 10.8. The van der Waals surface area contributed by atoms with Crippen LogP contribution in [0, 0.1) is 40.4 Å². The fraction of sp³-hybridized carbons (Fsp3) is 0.857. The third-order valence-electron chi connectivity index (χ3n) is 13.6. The molecule has 5 N–H and O–H groups in total. The van der Waals surface area contributed by atoms with Crippen molar-refractivity contribution in [3.63, 3.8) is 0 Å². The second-order valence-electron chi connectivity index (χ2n) is 15.9. The van der Waals surface area contributed by atoms with Gasteiger partial charge in [-0.25, -0.2) is 0 Å². The maximum absolute atomic E-state index is 13.4. The number of hydrogen-bond donors (Lipinski definition) is 5. The summed E-state index contributed by atoms with van der Waals surface area (Å²) in [6.45, 7) is 10.3. The molecule has 252 valence electrons. The van der Waals surface area contributed by atoms with Gasteiger partial charge in [-0.2, -0.15) is 0 Å². The molecule has 0 amide bonds. The van der Waals surface area contributed by atoms with E-state index in [0.717, 1.165) is 44.9 Å². The lowest BCUT2D eigenvalue weighted by Gasteiger charge is -2.54. The molecule has 3 saturated heterocycles. The number of fused-ring (bicyclic) bond motifs is 5. The first kappa shape index (κ1) is 32.2. The molecule has 10 heteroatoms. The summed E-state index contributed by atoms with van der Waals surface area (Å²) in [6, 6.07) is 0. The maximum atomic E-state index is 13.4. The smallest absolute Gasteiger partial charge is 0.312 e. The largest absolute Gasteiger partial charge is 0.456 e. The van der Waals surface area contributed by atoms with E-state index in [-0.39, 0.29) is 40.8 Å². The zero-order valence-corrected chi connectivity index (χ0v) is 27.2. The number of rotatable bonds is 6. The third-order valence-corrected chi connectivity index (χ3v) is 13.6. The molecule has 3 heterocycles. The van der Waals surface area contributed by atoms with Gasteiger partial charge >= 0.3 is 5.97 Å². The SMILES string of the molecule is CC(C)C1(C2OC(=O)C(C3CCC4C5=CCC6CC(OC7OC(CO)C(O)C(O)C7O)CCC6(C)C5=CCC43C)C2O)OC1C. The van der Waals surface area contributed by atoms with E-state index in [1.807, 2.05) is 6.92 Å². The molecular formula is C35H52O10. The van der Waals surface area contributed by atoms with Crippen LogP contribution in [0.15, 0.2) is 23.3 Å². The predicted octanol–water partition coefficient (Wildman–Crippen LogP) is 2.39. The molecule has 0 aromatic carbocycles. The average Bonchev–Trinajstić information content (AvgIpc) is 3.44. The molecule has 45 heavy (non-hydrogen) atoms. The molecule has 0 spiro atoms. The van der Waals surface area contributed by atoms with Gasteiger partial charge in [0.2, 0.25) is 0 Å². The second kappa shape index (κ2) is 11.1. The van der Waals surface area contributed by atoms with Gasteiger partial charge in [-0.15, -0.1) is 0 Å². The molecule has 7 rings (SSSR count). The predicted molar refractivity (Wildman–Crippen MR) is 161 cm³/mol. The van der Waals surface area contributed by atoms with Crippen LogP contribution >= 0.6 is 0 Å². The summed E-state index contributed by atoms with van der Waals surface area (Å²) in [7, 11) is 0. The highest BCUT2D eigenvalue weighted by atomic mass is 16.7. The molecule has 5 fully saturated rings. The molecule has 0 bridgehead atoms. The number of epoxide rings is 1. The lowest BCUT2D eigenvalue weighted by Crippen LogP contribution is -2.60. The molecule has 4 aliphatic carbocycles. The van der Waals surface area contributed by atoms with Crippen LogP contribution in [0.5, 0.6) is 0 Å².